The summed E-state index contributed by atoms with van der Waals surface area (Å²) in [5.74, 6) is -1.39. The van der Waals surface area contributed by atoms with Crippen molar-refractivity contribution in [1.29, 1.82) is 0 Å². The highest BCUT2D eigenvalue weighted by Gasteiger charge is 2.22. The molecule has 0 saturated carbocycles. The molecule has 2 heterocycles. The molecule has 29 heavy (non-hydrogen) atoms. The molecule has 1 N–H and O–H groups in total. The minimum Gasteiger partial charge on any atom is -0.449 e. The second-order valence-corrected chi connectivity index (χ2v) is 7.13. The molecular formula is C21H22FN3O4. The van der Waals surface area contributed by atoms with Gasteiger partial charge in [-0.05, 0) is 43.5 Å². The Morgan fingerprint density at radius 2 is 1.83 bits per heavy atom. The molecule has 3 rings (SSSR count). The Bertz CT molecular complexity index is 1030. The van der Waals surface area contributed by atoms with Gasteiger partial charge in [-0.2, -0.15) is 0 Å². The zero-order chi connectivity index (χ0) is 21.1. The second-order valence-electron chi connectivity index (χ2n) is 7.13. The maximum Gasteiger partial charge on any atom is 0.340 e. The Balaban J connectivity index is 1.66. The lowest BCUT2D eigenvalue weighted by Crippen LogP contribution is -2.37. The lowest BCUT2D eigenvalue weighted by atomic mass is 10.1. The van der Waals surface area contributed by atoms with Gasteiger partial charge in [0.2, 0.25) is 0 Å². The number of amides is 1. The molecule has 1 aromatic carbocycles. The first kappa shape index (κ1) is 20.4. The van der Waals surface area contributed by atoms with Crippen LogP contribution in [0.2, 0.25) is 0 Å². The molecule has 2 atom stereocenters. The maximum absolute atomic E-state index is 13.0. The number of benzene rings is 1. The van der Waals surface area contributed by atoms with Gasteiger partial charge in [-0.25, -0.2) is 14.2 Å². The number of rotatable bonds is 6. The van der Waals surface area contributed by atoms with Crippen molar-refractivity contribution in [1.82, 2.24) is 15.5 Å². The highest BCUT2D eigenvalue weighted by Crippen LogP contribution is 2.24. The fourth-order valence-electron chi connectivity index (χ4n) is 2.83. The zero-order valence-electron chi connectivity index (χ0n) is 16.6. The Morgan fingerprint density at radius 1 is 1.14 bits per heavy atom. The summed E-state index contributed by atoms with van der Waals surface area (Å²) in [4.78, 5) is 28.9. The molecule has 0 aliphatic carbocycles. The van der Waals surface area contributed by atoms with E-state index in [0.29, 0.717) is 16.8 Å². The van der Waals surface area contributed by atoms with Crippen molar-refractivity contribution in [3.8, 4) is 0 Å². The van der Waals surface area contributed by atoms with Crippen molar-refractivity contribution in [2.45, 2.75) is 45.8 Å². The number of pyridine rings is 1. The SMILES string of the molecule is CC(C)c1noc2ncc(C(=O)O[C@H](C)C(=O)N[C@@H](C)c3ccc(F)cc3)cc12. The number of aromatic nitrogens is 2. The van der Waals surface area contributed by atoms with Crippen molar-refractivity contribution in [2.24, 2.45) is 0 Å². The fraction of sp³-hybridized carbons (Fsp3) is 0.333. The molecule has 0 aliphatic heterocycles. The molecular weight excluding hydrogens is 377 g/mol. The largest absolute Gasteiger partial charge is 0.449 e. The molecule has 0 aliphatic rings. The quantitative estimate of drug-likeness (QED) is 0.632. The lowest BCUT2D eigenvalue weighted by molar-refractivity contribution is -0.129. The van der Waals surface area contributed by atoms with Gasteiger partial charge >= 0.3 is 5.97 Å². The molecule has 0 fully saturated rings. The van der Waals surface area contributed by atoms with Gasteiger partial charge in [0.1, 0.15) is 5.82 Å². The number of esters is 1. The number of carbonyl (C=O) groups is 2. The maximum atomic E-state index is 13.0. The van der Waals surface area contributed by atoms with Gasteiger partial charge in [0.25, 0.3) is 11.6 Å². The van der Waals surface area contributed by atoms with Gasteiger partial charge in [0.15, 0.2) is 6.10 Å². The number of hydrogen-bond donors (Lipinski definition) is 1. The highest BCUT2D eigenvalue weighted by atomic mass is 19.1. The van der Waals surface area contributed by atoms with E-state index in [2.05, 4.69) is 15.5 Å². The van der Waals surface area contributed by atoms with E-state index in [9.17, 15) is 14.0 Å². The fourth-order valence-corrected chi connectivity index (χ4v) is 2.83. The number of halogens is 1. The first-order chi connectivity index (χ1) is 13.8. The van der Waals surface area contributed by atoms with Crippen LogP contribution in [0.3, 0.4) is 0 Å². The summed E-state index contributed by atoms with van der Waals surface area (Å²) in [6.07, 6.45) is 0.305. The van der Waals surface area contributed by atoms with Crippen LogP contribution in [0.5, 0.6) is 0 Å². The zero-order valence-corrected chi connectivity index (χ0v) is 16.6. The minimum absolute atomic E-state index is 0.0990. The summed E-state index contributed by atoms with van der Waals surface area (Å²) in [5, 5.41) is 7.35. The van der Waals surface area contributed by atoms with Crippen LogP contribution in [0.25, 0.3) is 11.1 Å². The van der Waals surface area contributed by atoms with Crippen LogP contribution >= 0.6 is 0 Å². The molecule has 8 heteroatoms. The van der Waals surface area contributed by atoms with Crippen LogP contribution in [-0.4, -0.2) is 28.1 Å². The predicted molar refractivity (Wildman–Crippen MR) is 104 cm³/mol. The van der Waals surface area contributed by atoms with Gasteiger partial charge in [-0.1, -0.05) is 31.1 Å². The van der Waals surface area contributed by atoms with Crippen LogP contribution in [0, 0.1) is 5.82 Å². The Morgan fingerprint density at radius 3 is 2.48 bits per heavy atom. The number of fused-ring (bicyclic) bond motifs is 1. The number of nitrogens with one attached hydrogen (secondary N) is 1. The normalized spacial score (nSPS) is 13.3. The van der Waals surface area contributed by atoms with E-state index < -0.39 is 18.0 Å². The molecule has 1 amide bonds. The number of nitrogens with zero attached hydrogens (tertiary/aromatic N) is 2. The van der Waals surface area contributed by atoms with Crippen molar-refractivity contribution in [3.63, 3.8) is 0 Å². The molecule has 0 saturated heterocycles. The third-order valence-corrected chi connectivity index (χ3v) is 4.52. The van der Waals surface area contributed by atoms with E-state index in [-0.39, 0.29) is 23.3 Å². The average Bonchev–Trinajstić information content (AvgIpc) is 3.11. The van der Waals surface area contributed by atoms with Gasteiger partial charge in [-0.3, -0.25) is 4.79 Å². The molecule has 7 nitrogen and oxygen atoms in total. The third-order valence-electron chi connectivity index (χ3n) is 4.52. The Labute approximate surface area is 167 Å². The van der Waals surface area contributed by atoms with Crippen LogP contribution in [0.1, 0.15) is 61.3 Å². The molecule has 0 unspecified atom stereocenters. The van der Waals surface area contributed by atoms with Crippen LogP contribution in [0.4, 0.5) is 4.39 Å². The molecule has 3 aromatic rings. The van der Waals surface area contributed by atoms with E-state index in [1.165, 1.54) is 25.3 Å². The van der Waals surface area contributed by atoms with Gasteiger partial charge in [0.05, 0.1) is 22.7 Å². The first-order valence-electron chi connectivity index (χ1n) is 9.28. The average molecular weight is 399 g/mol. The van der Waals surface area contributed by atoms with E-state index in [0.717, 1.165) is 5.56 Å². The molecule has 0 bridgehead atoms. The third kappa shape index (κ3) is 4.59. The van der Waals surface area contributed by atoms with Crippen molar-refractivity contribution in [2.75, 3.05) is 0 Å². The summed E-state index contributed by atoms with van der Waals surface area (Å²) < 4.78 is 23.5. The van der Waals surface area contributed by atoms with Crippen molar-refractivity contribution < 1.29 is 23.2 Å². The Hall–Kier alpha value is -3.29. The second kappa shape index (κ2) is 8.38. The summed E-state index contributed by atoms with van der Waals surface area (Å²) >= 11 is 0. The Kier molecular flexibility index (Phi) is 5.91. The predicted octanol–water partition coefficient (Wildman–Crippen LogP) is 3.91. The molecule has 0 radical (unpaired) electrons. The summed E-state index contributed by atoms with van der Waals surface area (Å²) in [5.41, 5.74) is 1.97. The summed E-state index contributed by atoms with van der Waals surface area (Å²) in [6, 6.07) is 7.04. The van der Waals surface area contributed by atoms with E-state index in [1.54, 1.807) is 25.1 Å². The molecule has 0 spiro atoms. The van der Waals surface area contributed by atoms with Gasteiger partial charge < -0.3 is 14.6 Å². The van der Waals surface area contributed by atoms with E-state index in [1.807, 2.05) is 13.8 Å². The monoisotopic (exact) mass is 399 g/mol. The highest BCUT2D eigenvalue weighted by molar-refractivity contribution is 5.95. The lowest BCUT2D eigenvalue weighted by Gasteiger charge is -2.18. The van der Waals surface area contributed by atoms with Gasteiger partial charge in [0, 0.05) is 6.20 Å². The molecule has 2 aromatic heterocycles. The first-order valence-corrected chi connectivity index (χ1v) is 9.28. The van der Waals surface area contributed by atoms with Crippen LogP contribution in [-0.2, 0) is 9.53 Å². The van der Waals surface area contributed by atoms with Crippen molar-refractivity contribution in [3.05, 3.63) is 59.2 Å². The van der Waals surface area contributed by atoms with Crippen molar-refractivity contribution >= 4 is 23.0 Å². The summed E-state index contributed by atoms with van der Waals surface area (Å²) in [7, 11) is 0. The van der Waals surface area contributed by atoms with Gasteiger partial charge in [-0.15, -0.1) is 0 Å². The number of ether oxygens (including phenoxy) is 1. The van der Waals surface area contributed by atoms with Crippen LogP contribution < -0.4 is 5.32 Å². The van der Waals surface area contributed by atoms with E-state index in [4.69, 9.17) is 9.26 Å². The standard InChI is InChI=1S/C21H22FN3O4/c1-11(2)18-17-9-15(10-23-20(17)29-25-18)21(27)28-13(4)19(26)24-12(3)14-5-7-16(22)8-6-14/h5-13H,1-4H3,(H,24,26)/t12-,13+/m0/s1. The minimum atomic E-state index is -1.02. The molecule has 152 valence electrons. The summed E-state index contributed by atoms with van der Waals surface area (Å²) in [6.45, 7) is 7.15. The topological polar surface area (TPSA) is 94.3 Å². The van der Waals surface area contributed by atoms with E-state index >= 15 is 0 Å². The smallest absolute Gasteiger partial charge is 0.340 e. The number of carbonyl (C=O) groups excluding carboxylic acids is 2. The van der Waals surface area contributed by atoms with Crippen LogP contribution in [0.15, 0.2) is 41.1 Å². The number of hydrogen-bond acceptors (Lipinski definition) is 6.